The van der Waals surface area contributed by atoms with Crippen molar-refractivity contribution >= 4 is 27.5 Å². The van der Waals surface area contributed by atoms with Crippen LogP contribution in [0.3, 0.4) is 0 Å². The molecule has 1 heterocycles. The third-order valence-electron chi connectivity index (χ3n) is 4.18. The van der Waals surface area contributed by atoms with E-state index in [1.54, 1.807) is 11.3 Å². The maximum Gasteiger partial charge on any atom is 0.220 e. The van der Waals surface area contributed by atoms with Crippen LogP contribution >= 0.6 is 11.3 Å². The number of nitrogens with one attached hydrogen (secondary N) is 1. The fraction of sp³-hybridized carbons (Fsp3) is 0.529. The summed E-state index contributed by atoms with van der Waals surface area (Å²) in [6.07, 6.45) is 7.71. The molecule has 3 rings (SSSR count). The number of hydrogen-bond donors (Lipinski definition) is 1. The first-order chi connectivity index (χ1) is 10.3. The summed E-state index contributed by atoms with van der Waals surface area (Å²) in [4.78, 5) is 16.4. The van der Waals surface area contributed by atoms with Gasteiger partial charge >= 0.3 is 0 Å². The molecule has 0 radical (unpaired) electrons. The summed E-state index contributed by atoms with van der Waals surface area (Å²) in [5.74, 6) is 0.862. The summed E-state index contributed by atoms with van der Waals surface area (Å²) < 4.78 is 1.25. The van der Waals surface area contributed by atoms with Crippen LogP contribution in [0, 0.1) is 5.92 Å². The van der Waals surface area contributed by atoms with Crippen LogP contribution in [-0.4, -0.2) is 17.4 Å². The van der Waals surface area contributed by atoms with Crippen LogP contribution in [0.2, 0.25) is 0 Å². The highest BCUT2D eigenvalue weighted by Crippen LogP contribution is 2.27. The predicted molar refractivity (Wildman–Crippen MR) is 87.5 cm³/mol. The summed E-state index contributed by atoms with van der Waals surface area (Å²) in [7, 11) is 0. The fourth-order valence-corrected chi connectivity index (χ4v) is 4.05. The van der Waals surface area contributed by atoms with Gasteiger partial charge < -0.3 is 5.32 Å². The summed E-state index contributed by atoms with van der Waals surface area (Å²) in [5.41, 5.74) is 1.09. The van der Waals surface area contributed by atoms with E-state index in [9.17, 15) is 4.79 Å². The molecule has 4 heteroatoms. The van der Waals surface area contributed by atoms with Crippen LogP contribution < -0.4 is 5.32 Å². The molecule has 0 saturated heterocycles. The lowest BCUT2D eigenvalue weighted by molar-refractivity contribution is -0.121. The molecule has 112 valence electrons. The highest BCUT2D eigenvalue weighted by molar-refractivity contribution is 7.18. The second kappa shape index (κ2) is 7.03. The fourth-order valence-electron chi connectivity index (χ4n) is 3.04. The van der Waals surface area contributed by atoms with Crippen LogP contribution in [0.15, 0.2) is 24.3 Å². The van der Waals surface area contributed by atoms with Gasteiger partial charge in [0.05, 0.1) is 15.2 Å². The van der Waals surface area contributed by atoms with E-state index in [0.717, 1.165) is 31.3 Å². The quantitative estimate of drug-likeness (QED) is 0.822. The molecule has 0 spiro atoms. The van der Waals surface area contributed by atoms with Crippen LogP contribution in [-0.2, 0) is 11.2 Å². The summed E-state index contributed by atoms with van der Waals surface area (Å²) in [6, 6.07) is 8.24. The van der Waals surface area contributed by atoms with Crippen LogP contribution in [0.1, 0.15) is 43.5 Å². The van der Waals surface area contributed by atoms with Gasteiger partial charge in [0, 0.05) is 19.4 Å². The van der Waals surface area contributed by atoms with E-state index < -0.39 is 0 Å². The van der Waals surface area contributed by atoms with Gasteiger partial charge in [-0.2, -0.15) is 0 Å². The molecule has 2 aromatic rings. The van der Waals surface area contributed by atoms with Crippen molar-refractivity contribution in [3.05, 3.63) is 29.3 Å². The lowest BCUT2D eigenvalue weighted by Crippen LogP contribution is -2.26. The minimum atomic E-state index is 0.228. The number of fused-ring (bicyclic) bond motifs is 1. The van der Waals surface area contributed by atoms with Gasteiger partial charge in [-0.3, -0.25) is 4.79 Å². The van der Waals surface area contributed by atoms with Gasteiger partial charge in [-0.05, 0) is 37.3 Å². The highest BCUT2D eigenvalue weighted by atomic mass is 32.1. The zero-order valence-electron chi connectivity index (χ0n) is 12.3. The number of benzene rings is 1. The Morgan fingerprint density at radius 1 is 1.29 bits per heavy atom. The van der Waals surface area contributed by atoms with Crippen LogP contribution in [0.4, 0.5) is 0 Å². The lowest BCUT2D eigenvalue weighted by Gasteiger charge is -2.09. The van der Waals surface area contributed by atoms with Crippen molar-refractivity contribution in [3.63, 3.8) is 0 Å². The van der Waals surface area contributed by atoms with E-state index in [1.807, 2.05) is 12.1 Å². The Balaban J connectivity index is 1.38. The number of aromatic nitrogens is 1. The number of hydrogen-bond acceptors (Lipinski definition) is 3. The number of nitrogens with zero attached hydrogens (tertiary/aromatic N) is 1. The number of carbonyl (C=O) groups excluding carboxylic acids is 1. The average Bonchev–Trinajstić information content (AvgIpc) is 3.12. The van der Waals surface area contributed by atoms with Crippen molar-refractivity contribution in [2.24, 2.45) is 5.92 Å². The Morgan fingerprint density at radius 2 is 2.10 bits per heavy atom. The minimum Gasteiger partial charge on any atom is -0.356 e. The van der Waals surface area contributed by atoms with Gasteiger partial charge in [0.15, 0.2) is 0 Å². The van der Waals surface area contributed by atoms with E-state index in [0.29, 0.717) is 5.92 Å². The SMILES string of the molecule is O=C(CC1CCCC1)NCCCc1nc2ccccc2s1. The summed E-state index contributed by atoms with van der Waals surface area (Å²) in [5, 5.41) is 4.22. The van der Waals surface area contributed by atoms with E-state index in [1.165, 1.54) is 35.4 Å². The Labute approximate surface area is 129 Å². The van der Waals surface area contributed by atoms with E-state index >= 15 is 0 Å². The smallest absolute Gasteiger partial charge is 0.220 e. The standard InChI is InChI=1S/C17H22N2OS/c20-16(12-13-6-1-2-7-13)18-11-5-10-17-19-14-8-3-4-9-15(14)21-17/h3-4,8-9,13H,1-2,5-7,10-12H2,(H,18,20). The molecule has 1 aromatic carbocycles. The topological polar surface area (TPSA) is 42.0 Å². The first-order valence-electron chi connectivity index (χ1n) is 7.92. The zero-order valence-corrected chi connectivity index (χ0v) is 13.1. The number of amides is 1. The van der Waals surface area contributed by atoms with Crippen molar-refractivity contribution in [1.29, 1.82) is 0 Å². The molecular weight excluding hydrogens is 280 g/mol. The lowest BCUT2D eigenvalue weighted by atomic mass is 10.0. The van der Waals surface area contributed by atoms with Gasteiger partial charge in [-0.1, -0.05) is 25.0 Å². The third kappa shape index (κ3) is 4.03. The van der Waals surface area contributed by atoms with Crippen LogP contribution in [0.25, 0.3) is 10.2 Å². The van der Waals surface area contributed by atoms with Crippen molar-refractivity contribution < 1.29 is 4.79 Å². The van der Waals surface area contributed by atoms with Gasteiger partial charge in [-0.25, -0.2) is 4.98 Å². The molecule has 0 aliphatic heterocycles. The van der Waals surface area contributed by atoms with E-state index in [-0.39, 0.29) is 5.91 Å². The molecular formula is C17H22N2OS. The third-order valence-corrected chi connectivity index (χ3v) is 5.27. The number of thiazole rings is 1. The van der Waals surface area contributed by atoms with Gasteiger partial charge in [0.25, 0.3) is 0 Å². The van der Waals surface area contributed by atoms with E-state index in [4.69, 9.17) is 0 Å². The summed E-state index contributed by atoms with van der Waals surface area (Å²) >= 11 is 1.76. The second-order valence-corrected chi connectivity index (χ2v) is 7.00. The molecule has 1 saturated carbocycles. The molecule has 1 amide bonds. The molecule has 0 unspecified atom stereocenters. The van der Waals surface area contributed by atoms with Crippen molar-refractivity contribution in [2.75, 3.05) is 6.54 Å². The second-order valence-electron chi connectivity index (χ2n) is 5.88. The zero-order chi connectivity index (χ0) is 14.5. The maximum atomic E-state index is 11.8. The molecule has 1 aliphatic carbocycles. The number of carbonyl (C=O) groups is 1. The predicted octanol–water partition coefficient (Wildman–Crippen LogP) is 3.93. The van der Waals surface area contributed by atoms with Gasteiger partial charge in [-0.15, -0.1) is 11.3 Å². The minimum absolute atomic E-state index is 0.228. The number of para-hydroxylation sites is 1. The van der Waals surface area contributed by atoms with Crippen molar-refractivity contribution in [3.8, 4) is 0 Å². The van der Waals surface area contributed by atoms with Crippen LogP contribution in [0.5, 0.6) is 0 Å². The first-order valence-corrected chi connectivity index (χ1v) is 8.74. The Morgan fingerprint density at radius 3 is 2.90 bits per heavy atom. The monoisotopic (exact) mass is 302 g/mol. The number of rotatable bonds is 6. The molecule has 21 heavy (non-hydrogen) atoms. The Bertz CT molecular complexity index is 569. The maximum absolute atomic E-state index is 11.8. The average molecular weight is 302 g/mol. The Hall–Kier alpha value is -1.42. The summed E-state index contributed by atoms with van der Waals surface area (Å²) in [6.45, 7) is 0.765. The molecule has 1 aromatic heterocycles. The van der Waals surface area contributed by atoms with E-state index in [2.05, 4.69) is 22.4 Å². The number of aryl methyl sites for hydroxylation is 1. The van der Waals surface area contributed by atoms with Gasteiger partial charge in [0.2, 0.25) is 5.91 Å². The van der Waals surface area contributed by atoms with Crippen molar-refractivity contribution in [2.45, 2.75) is 44.9 Å². The molecule has 0 atom stereocenters. The normalized spacial score (nSPS) is 15.6. The molecule has 1 N–H and O–H groups in total. The Kier molecular flexibility index (Phi) is 4.86. The molecule has 1 aliphatic rings. The van der Waals surface area contributed by atoms with Gasteiger partial charge in [0.1, 0.15) is 0 Å². The molecule has 3 nitrogen and oxygen atoms in total. The largest absolute Gasteiger partial charge is 0.356 e. The molecule has 1 fully saturated rings. The first kappa shape index (κ1) is 14.5. The highest BCUT2D eigenvalue weighted by Gasteiger charge is 2.17. The van der Waals surface area contributed by atoms with Crippen molar-refractivity contribution in [1.82, 2.24) is 10.3 Å². The molecule has 0 bridgehead atoms.